The van der Waals surface area contributed by atoms with Gasteiger partial charge in [0.2, 0.25) is 5.88 Å². The van der Waals surface area contributed by atoms with Crippen molar-refractivity contribution in [3.05, 3.63) is 17.3 Å². The molecule has 0 radical (unpaired) electrons. The van der Waals surface area contributed by atoms with Crippen molar-refractivity contribution in [2.75, 3.05) is 7.11 Å². The number of methoxy groups -OCH3 is 1. The van der Waals surface area contributed by atoms with Gasteiger partial charge in [-0.1, -0.05) is 0 Å². The molecule has 0 unspecified atom stereocenters. The van der Waals surface area contributed by atoms with Crippen molar-refractivity contribution in [3.63, 3.8) is 0 Å². The van der Waals surface area contributed by atoms with Crippen LogP contribution in [0.25, 0.3) is 0 Å². The highest BCUT2D eigenvalue weighted by Crippen LogP contribution is 2.33. The van der Waals surface area contributed by atoms with Gasteiger partial charge in [0.15, 0.2) is 6.29 Å². The molecule has 0 bridgehead atoms. The van der Waals surface area contributed by atoms with Crippen molar-refractivity contribution < 1.29 is 27.4 Å². The van der Waals surface area contributed by atoms with Gasteiger partial charge in [-0.3, -0.25) is 4.79 Å². The molecule has 1 aromatic rings. The molecule has 0 N–H and O–H groups in total. The highest BCUT2D eigenvalue weighted by Gasteiger charge is 2.33. The zero-order chi connectivity index (χ0) is 13.1. The third kappa shape index (κ3) is 3.48. The smallest absolute Gasteiger partial charge is 0.481 e. The van der Waals surface area contributed by atoms with E-state index in [1.807, 2.05) is 0 Å². The number of aldehydes is 1. The Morgan fingerprint density at radius 1 is 1.53 bits per heavy atom. The second-order valence-electron chi connectivity index (χ2n) is 2.83. The first-order valence-corrected chi connectivity index (χ1v) is 4.79. The van der Waals surface area contributed by atoms with Crippen LogP contribution < -0.4 is 9.47 Å². The van der Waals surface area contributed by atoms with E-state index in [2.05, 4.69) is 9.72 Å². The summed E-state index contributed by atoms with van der Waals surface area (Å²) < 4.78 is 44.8. The summed E-state index contributed by atoms with van der Waals surface area (Å²) in [6, 6.07) is 0.848. The Balaban J connectivity index is 3.29. The molecule has 17 heavy (non-hydrogen) atoms. The van der Waals surface area contributed by atoms with Crippen LogP contribution in [0.4, 0.5) is 13.2 Å². The van der Waals surface area contributed by atoms with Crippen LogP contribution in [0.3, 0.4) is 0 Å². The third-order valence-corrected chi connectivity index (χ3v) is 2.01. The molecule has 0 aromatic carbocycles. The lowest BCUT2D eigenvalue weighted by atomic mass is 10.2. The van der Waals surface area contributed by atoms with E-state index in [1.54, 1.807) is 0 Å². The monoisotopic (exact) mass is 269 g/mol. The fourth-order valence-corrected chi connectivity index (χ4v) is 1.36. The SMILES string of the molecule is COc1nc(C=O)cc(OC(F)(F)F)c1CCl. The summed E-state index contributed by atoms with van der Waals surface area (Å²) in [6.45, 7) is 0. The fraction of sp³-hybridized carbons (Fsp3) is 0.333. The number of halogens is 4. The standard InChI is InChI=1S/C9H7ClF3NO3/c1-16-8-6(3-10)7(17-9(11,12)13)2-5(4-15)14-8/h2,4H,3H2,1H3. The van der Waals surface area contributed by atoms with Crippen LogP contribution in [0.1, 0.15) is 16.1 Å². The number of hydrogen-bond acceptors (Lipinski definition) is 4. The Morgan fingerprint density at radius 3 is 2.59 bits per heavy atom. The lowest BCUT2D eigenvalue weighted by Crippen LogP contribution is -2.18. The summed E-state index contributed by atoms with van der Waals surface area (Å²) in [5, 5.41) is 0. The topological polar surface area (TPSA) is 48.4 Å². The first kappa shape index (κ1) is 13.6. The molecule has 0 aliphatic heterocycles. The predicted molar refractivity (Wildman–Crippen MR) is 52.4 cm³/mol. The van der Waals surface area contributed by atoms with Crippen molar-refractivity contribution in [3.8, 4) is 11.6 Å². The Hall–Kier alpha value is -1.50. The van der Waals surface area contributed by atoms with Gasteiger partial charge < -0.3 is 9.47 Å². The molecule has 1 heterocycles. The summed E-state index contributed by atoms with van der Waals surface area (Å²) in [4.78, 5) is 14.2. The van der Waals surface area contributed by atoms with Gasteiger partial charge in [-0.2, -0.15) is 0 Å². The van der Waals surface area contributed by atoms with E-state index in [-0.39, 0.29) is 29.3 Å². The number of alkyl halides is 4. The van der Waals surface area contributed by atoms with Gasteiger partial charge in [0.25, 0.3) is 0 Å². The molecule has 4 nitrogen and oxygen atoms in total. The molecule has 0 atom stereocenters. The summed E-state index contributed by atoms with van der Waals surface area (Å²) in [7, 11) is 1.20. The van der Waals surface area contributed by atoms with E-state index in [1.165, 1.54) is 7.11 Å². The van der Waals surface area contributed by atoms with Crippen molar-refractivity contribution >= 4 is 17.9 Å². The number of rotatable bonds is 4. The van der Waals surface area contributed by atoms with Gasteiger partial charge in [0.05, 0.1) is 18.6 Å². The quantitative estimate of drug-likeness (QED) is 0.622. The average Bonchev–Trinajstić information content (AvgIpc) is 2.25. The minimum atomic E-state index is -4.88. The Bertz CT molecular complexity index is 423. The van der Waals surface area contributed by atoms with Crippen molar-refractivity contribution in [2.45, 2.75) is 12.2 Å². The molecule has 1 rings (SSSR count). The van der Waals surface area contributed by atoms with Gasteiger partial charge >= 0.3 is 6.36 Å². The number of pyridine rings is 1. The molecule has 0 spiro atoms. The average molecular weight is 270 g/mol. The van der Waals surface area contributed by atoms with Gasteiger partial charge in [-0.25, -0.2) is 4.98 Å². The second-order valence-corrected chi connectivity index (χ2v) is 3.10. The van der Waals surface area contributed by atoms with Crippen LogP contribution in [-0.2, 0) is 5.88 Å². The van der Waals surface area contributed by atoms with Crippen LogP contribution in [0.5, 0.6) is 11.6 Å². The lowest BCUT2D eigenvalue weighted by molar-refractivity contribution is -0.274. The number of aromatic nitrogens is 1. The number of ether oxygens (including phenoxy) is 2. The zero-order valence-electron chi connectivity index (χ0n) is 8.55. The molecule has 0 amide bonds. The molecular formula is C9H7ClF3NO3. The molecule has 8 heteroatoms. The summed E-state index contributed by atoms with van der Waals surface area (Å²) in [6.07, 6.45) is -4.60. The summed E-state index contributed by atoms with van der Waals surface area (Å²) in [5.74, 6) is -1.06. The van der Waals surface area contributed by atoms with Crippen molar-refractivity contribution in [2.24, 2.45) is 0 Å². The van der Waals surface area contributed by atoms with Crippen LogP contribution >= 0.6 is 11.6 Å². The van der Waals surface area contributed by atoms with Gasteiger partial charge in [-0.15, -0.1) is 24.8 Å². The van der Waals surface area contributed by atoms with Crippen molar-refractivity contribution in [1.29, 1.82) is 0 Å². The molecule has 0 aliphatic rings. The predicted octanol–water partition coefficient (Wildman–Crippen LogP) is 2.54. The summed E-state index contributed by atoms with van der Waals surface area (Å²) >= 11 is 5.48. The molecule has 0 saturated heterocycles. The van der Waals surface area contributed by atoms with E-state index >= 15 is 0 Å². The molecule has 94 valence electrons. The molecular weight excluding hydrogens is 263 g/mol. The maximum Gasteiger partial charge on any atom is 0.573 e. The van der Waals surface area contributed by atoms with Crippen LogP contribution in [0.15, 0.2) is 6.07 Å². The van der Waals surface area contributed by atoms with E-state index in [9.17, 15) is 18.0 Å². The normalized spacial score (nSPS) is 11.1. The highest BCUT2D eigenvalue weighted by atomic mass is 35.5. The fourth-order valence-electron chi connectivity index (χ4n) is 1.11. The largest absolute Gasteiger partial charge is 0.573 e. The molecule has 0 aliphatic carbocycles. The Morgan fingerprint density at radius 2 is 2.18 bits per heavy atom. The minimum absolute atomic E-state index is 0.0721. The second kappa shape index (κ2) is 5.22. The Labute approximate surface area is 99.3 Å². The number of hydrogen-bond donors (Lipinski definition) is 0. The van der Waals surface area contributed by atoms with Crippen LogP contribution in [0.2, 0.25) is 0 Å². The third-order valence-electron chi connectivity index (χ3n) is 1.74. The van der Waals surface area contributed by atoms with Gasteiger partial charge in [0.1, 0.15) is 11.4 Å². The van der Waals surface area contributed by atoms with Gasteiger partial charge in [-0.05, 0) is 0 Å². The van der Waals surface area contributed by atoms with E-state index < -0.39 is 12.1 Å². The molecule has 1 aromatic heterocycles. The van der Waals surface area contributed by atoms with E-state index in [0.29, 0.717) is 0 Å². The number of carbonyl (C=O) groups is 1. The van der Waals surface area contributed by atoms with Crippen LogP contribution in [-0.4, -0.2) is 24.7 Å². The molecule has 0 saturated carbocycles. The zero-order valence-corrected chi connectivity index (χ0v) is 9.30. The van der Waals surface area contributed by atoms with E-state index in [4.69, 9.17) is 16.3 Å². The van der Waals surface area contributed by atoms with Gasteiger partial charge in [0, 0.05) is 6.07 Å². The maximum absolute atomic E-state index is 12.1. The number of nitrogens with zero attached hydrogens (tertiary/aromatic N) is 1. The van der Waals surface area contributed by atoms with E-state index in [0.717, 1.165) is 6.07 Å². The first-order valence-electron chi connectivity index (χ1n) is 4.26. The van der Waals surface area contributed by atoms with Crippen molar-refractivity contribution in [1.82, 2.24) is 4.98 Å². The first-order chi connectivity index (χ1) is 7.91. The highest BCUT2D eigenvalue weighted by molar-refractivity contribution is 6.17. The maximum atomic E-state index is 12.1. The minimum Gasteiger partial charge on any atom is -0.481 e. The lowest BCUT2D eigenvalue weighted by Gasteiger charge is -2.14. The van der Waals surface area contributed by atoms with Crippen LogP contribution in [0, 0.1) is 0 Å². The Kier molecular flexibility index (Phi) is 4.17. The number of carbonyl (C=O) groups excluding carboxylic acids is 1. The molecule has 0 fully saturated rings. The summed E-state index contributed by atoms with van der Waals surface area (Å²) in [5.41, 5.74) is -0.313.